The van der Waals surface area contributed by atoms with Crippen molar-refractivity contribution in [3.05, 3.63) is 0 Å². The van der Waals surface area contributed by atoms with Gasteiger partial charge in [-0.2, -0.15) is 0 Å². The number of nitrogens with zero attached hydrogens (tertiary/aromatic N) is 1. The number of hydrogen-bond acceptors (Lipinski definition) is 2. The van der Waals surface area contributed by atoms with E-state index in [0.717, 1.165) is 25.7 Å². The third-order valence-electron chi connectivity index (χ3n) is 3.22. The average Bonchev–Trinajstić information content (AvgIpc) is 2.97. The first-order valence-corrected chi connectivity index (χ1v) is 5.67. The van der Waals surface area contributed by atoms with Gasteiger partial charge in [0.05, 0.1) is 18.5 Å². The molecule has 1 heterocycles. The van der Waals surface area contributed by atoms with Crippen molar-refractivity contribution in [2.75, 3.05) is 13.2 Å². The molecule has 3 nitrogen and oxygen atoms in total. The largest absolute Gasteiger partial charge is 0.282 e. The number of carbonyl (C=O) groups is 2. The van der Waals surface area contributed by atoms with Gasteiger partial charge in [-0.3, -0.25) is 18.9 Å². The zero-order valence-corrected chi connectivity index (χ0v) is 8.75. The summed E-state index contributed by atoms with van der Waals surface area (Å²) in [7, 11) is 0. The molecule has 2 rings (SSSR count). The molecule has 0 radical (unpaired) electrons. The summed E-state index contributed by atoms with van der Waals surface area (Å²) < 4.78 is 11.8. The van der Waals surface area contributed by atoms with Gasteiger partial charge in [0, 0.05) is 6.54 Å². The van der Waals surface area contributed by atoms with E-state index < -0.39 is 0 Å². The molecule has 2 amide bonds. The lowest BCUT2D eigenvalue weighted by molar-refractivity contribution is -0.141. The monoisotopic (exact) mass is 213 g/mol. The Hall–Kier alpha value is -0.930. The highest BCUT2D eigenvalue weighted by Gasteiger charge is 2.58. The van der Waals surface area contributed by atoms with Crippen LogP contribution in [-0.4, -0.2) is 29.9 Å². The van der Waals surface area contributed by atoms with Gasteiger partial charge in [0.2, 0.25) is 11.8 Å². The van der Waals surface area contributed by atoms with Crippen molar-refractivity contribution in [1.29, 1.82) is 0 Å². The third kappa shape index (κ3) is 2.03. The molecule has 0 N–H and O–H groups in total. The minimum atomic E-state index is -0.272. The Balaban J connectivity index is 1.67. The van der Waals surface area contributed by atoms with Gasteiger partial charge in [-0.1, -0.05) is 12.8 Å². The lowest BCUT2D eigenvalue weighted by Crippen LogP contribution is -2.33. The summed E-state index contributed by atoms with van der Waals surface area (Å²) in [6.07, 6.45) is 3.93. The van der Waals surface area contributed by atoms with Crippen molar-refractivity contribution in [1.82, 2.24) is 4.90 Å². The fraction of sp³-hybridized carbons (Fsp3) is 0.818. The van der Waals surface area contributed by atoms with E-state index in [1.165, 1.54) is 4.90 Å². The SMILES string of the molecule is O=C1C2CC2C(=O)N1CCCCCCF. The quantitative estimate of drug-likeness (QED) is 0.495. The Morgan fingerprint density at radius 1 is 1.07 bits per heavy atom. The lowest BCUT2D eigenvalue weighted by atomic mass is 10.2. The van der Waals surface area contributed by atoms with Crippen LogP contribution < -0.4 is 0 Å². The molecular weight excluding hydrogens is 197 g/mol. The molecule has 15 heavy (non-hydrogen) atoms. The van der Waals surface area contributed by atoms with E-state index in [0.29, 0.717) is 13.0 Å². The van der Waals surface area contributed by atoms with E-state index in [4.69, 9.17) is 0 Å². The summed E-state index contributed by atoms with van der Waals surface area (Å²) in [4.78, 5) is 24.4. The Bertz CT molecular complexity index is 260. The third-order valence-corrected chi connectivity index (χ3v) is 3.22. The van der Waals surface area contributed by atoms with Gasteiger partial charge in [0.25, 0.3) is 0 Å². The van der Waals surface area contributed by atoms with Crippen molar-refractivity contribution >= 4 is 11.8 Å². The molecule has 1 saturated heterocycles. The van der Waals surface area contributed by atoms with E-state index in [1.54, 1.807) is 0 Å². The van der Waals surface area contributed by atoms with E-state index >= 15 is 0 Å². The summed E-state index contributed by atoms with van der Waals surface area (Å²) in [6, 6.07) is 0. The maximum absolute atomic E-state index is 11.8. The fourth-order valence-electron chi connectivity index (χ4n) is 2.19. The molecule has 1 saturated carbocycles. The molecule has 1 aliphatic heterocycles. The van der Waals surface area contributed by atoms with Crippen LogP contribution in [0.3, 0.4) is 0 Å². The van der Waals surface area contributed by atoms with Crippen molar-refractivity contribution in [3.63, 3.8) is 0 Å². The zero-order chi connectivity index (χ0) is 10.8. The van der Waals surface area contributed by atoms with Gasteiger partial charge < -0.3 is 0 Å². The first-order valence-electron chi connectivity index (χ1n) is 5.67. The number of imide groups is 1. The molecule has 0 spiro atoms. The van der Waals surface area contributed by atoms with Crippen LogP contribution in [0.5, 0.6) is 0 Å². The van der Waals surface area contributed by atoms with Crippen LogP contribution in [0.15, 0.2) is 0 Å². The molecule has 0 aromatic rings. The molecule has 2 fully saturated rings. The summed E-state index contributed by atoms with van der Waals surface area (Å²) in [5.41, 5.74) is 0. The number of rotatable bonds is 6. The van der Waals surface area contributed by atoms with Gasteiger partial charge in [0.1, 0.15) is 0 Å². The number of halogens is 1. The van der Waals surface area contributed by atoms with Crippen molar-refractivity contribution in [2.24, 2.45) is 11.8 Å². The van der Waals surface area contributed by atoms with E-state index in [9.17, 15) is 14.0 Å². The molecule has 2 unspecified atom stereocenters. The Morgan fingerprint density at radius 2 is 1.67 bits per heavy atom. The second-order valence-electron chi connectivity index (χ2n) is 4.38. The highest BCUT2D eigenvalue weighted by molar-refractivity contribution is 6.08. The topological polar surface area (TPSA) is 37.4 Å². The predicted molar refractivity (Wildman–Crippen MR) is 52.8 cm³/mol. The molecule has 2 aliphatic rings. The van der Waals surface area contributed by atoms with Gasteiger partial charge in [-0.25, -0.2) is 0 Å². The Morgan fingerprint density at radius 3 is 2.27 bits per heavy atom. The van der Waals surface area contributed by atoms with Crippen LogP contribution in [0, 0.1) is 11.8 Å². The van der Waals surface area contributed by atoms with Crippen LogP contribution in [-0.2, 0) is 9.59 Å². The summed E-state index contributed by atoms with van der Waals surface area (Å²) in [5.74, 6) is 0.0812. The van der Waals surface area contributed by atoms with Crippen molar-refractivity contribution < 1.29 is 14.0 Å². The standard InChI is InChI=1S/C11H16FNO2/c12-5-3-1-2-4-6-13-10(14)8-7-9(8)11(13)15/h8-9H,1-7H2. The molecule has 2 atom stereocenters. The second-order valence-corrected chi connectivity index (χ2v) is 4.38. The molecule has 84 valence electrons. The average molecular weight is 213 g/mol. The second kappa shape index (κ2) is 4.29. The summed E-state index contributed by atoms with van der Waals surface area (Å²) >= 11 is 0. The first kappa shape index (κ1) is 10.6. The highest BCUT2D eigenvalue weighted by Crippen LogP contribution is 2.46. The number of piperidine rings is 1. The van der Waals surface area contributed by atoms with E-state index in [-0.39, 0.29) is 30.3 Å². The van der Waals surface area contributed by atoms with Gasteiger partial charge in [-0.15, -0.1) is 0 Å². The van der Waals surface area contributed by atoms with Crippen molar-refractivity contribution in [3.8, 4) is 0 Å². The van der Waals surface area contributed by atoms with Crippen LogP contribution in [0.1, 0.15) is 32.1 Å². The normalized spacial score (nSPS) is 28.5. The van der Waals surface area contributed by atoms with Gasteiger partial charge in [-0.05, 0) is 19.3 Å². The number of likely N-dealkylation sites (tertiary alicyclic amines) is 1. The fourth-order valence-corrected chi connectivity index (χ4v) is 2.19. The molecule has 0 aromatic heterocycles. The molecule has 0 aromatic carbocycles. The van der Waals surface area contributed by atoms with Gasteiger partial charge in [0.15, 0.2) is 0 Å². The summed E-state index contributed by atoms with van der Waals surface area (Å²) in [6.45, 7) is 0.267. The number of carbonyl (C=O) groups excluding carboxylic acids is 2. The van der Waals surface area contributed by atoms with Crippen LogP contribution >= 0.6 is 0 Å². The Kier molecular flexibility index (Phi) is 3.03. The molecule has 1 aliphatic carbocycles. The van der Waals surface area contributed by atoms with E-state index in [2.05, 4.69) is 0 Å². The van der Waals surface area contributed by atoms with Crippen molar-refractivity contribution in [2.45, 2.75) is 32.1 Å². The lowest BCUT2D eigenvalue weighted by Gasteiger charge is -2.15. The van der Waals surface area contributed by atoms with Crippen LogP contribution in [0.2, 0.25) is 0 Å². The number of unbranched alkanes of at least 4 members (excludes halogenated alkanes) is 3. The smallest absolute Gasteiger partial charge is 0.233 e. The highest BCUT2D eigenvalue weighted by atomic mass is 19.1. The number of fused-ring (bicyclic) bond motifs is 1. The minimum absolute atomic E-state index is 0.0170. The number of alkyl halides is 1. The van der Waals surface area contributed by atoms with Crippen LogP contribution in [0.25, 0.3) is 0 Å². The number of amides is 2. The predicted octanol–water partition coefficient (Wildman–Crippen LogP) is 1.52. The molecule has 4 heteroatoms. The van der Waals surface area contributed by atoms with Gasteiger partial charge >= 0.3 is 0 Å². The molecule has 0 bridgehead atoms. The maximum atomic E-state index is 11.8. The Labute approximate surface area is 88.6 Å². The van der Waals surface area contributed by atoms with Crippen LogP contribution in [0.4, 0.5) is 4.39 Å². The molecular formula is C11H16FNO2. The number of hydrogen-bond donors (Lipinski definition) is 0. The zero-order valence-electron chi connectivity index (χ0n) is 8.75. The summed E-state index contributed by atoms with van der Waals surface area (Å²) in [5, 5.41) is 0. The van der Waals surface area contributed by atoms with E-state index in [1.807, 2.05) is 0 Å². The minimum Gasteiger partial charge on any atom is -0.282 e. The first-order chi connectivity index (χ1) is 7.25. The maximum Gasteiger partial charge on any atom is 0.233 e.